The summed E-state index contributed by atoms with van der Waals surface area (Å²) < 4.78 is 34.5. The summed E-state index contributed by atoms with van der Waals surface area (Å²) >= 11 is 3.37. The number of hydrogen-bond acceptors (Lipinski definition) is 5. The number of hydrogen-bond donors (Lipinski definition) is 0. The van der Waals surface area contributed by atoms with Gasteiger partial charge in [0.1, 0.15) is 12.3 Å². The molecule has 3 aromatic rings. The van der Waals surface area contributed by atoms with Crippen LogP contribution in [-0.4, -0.2) is 59.1 Å². The second kappa shape index (κ2) is 11.1. The summed E-state index contributed by atoms with van der Waals surface area (Å²) in [6.45, 7) is 8.31. The van der Waals surface area contributed by atoms with Crippen molar-refractivity contribution in [3.63, 3.8) is 0 Å². The summed E-state index contributed by atoms with van der Waals surface area (Å²) in [6, 6.07) is 18.0. The third-order valence-electron chi connectivity index (χ3n) is 6.86. The maximum atomic E-state index is 13.8. The topological polar surface area (TPSA) is 70.2 Å². The lowest BCUT2D eigenvalue weighted by molar-refractivity contribution is -0.129. The van der Waals surface area contributed by atoms with Crippen LogP contribution in [0, 0.1) is 20.8 Å². The van der Waals surface area contributed by atoms with Crippen molar-refractivity contribution in [3.05, 3.63) is 81.8 Å². The van der Waals surface area contributed by atoms with Gasteiger partial charge in [-0.05, 0) is 84.2 Å². The number of carbonyl (C=O) groups excluding carboxylic acids is 1. The third kappa shape index (κ3) is 5.78. The molecule has 0 bridgehead atoms. The Morgan fingerprint density at radius 1 is 0.973 bits per heavy atom. The standard InChI is InChI=1S/C28H32BrN3O4S/c1-20-8-10-23(11-9-20)32(37(34,35)24-12-13-27(36-4)25(29)18-24)19-28(33)31-16-14-30(15-17-31)26-7-5-6-21(2)22(26)3/h5-13,18H,14-17,19H2,1-4H3. The fourth-order valence-electron chi connectivity index (χ4n) is 4.46. The number of anilines is 2. The maximum absolute atomic E-state index is 13.8. The molecule has 1 heterocycles. The van der Waals surface area contributed by atoms with E-state index < -0.39 is 10.0 Å². The molecule has 196 valence electrons. The Balaban J connectivity index is 1.56. The van der Waals surface area contributed by atoms with Gasteiger partial charge >= 0.3 is 0 Å². The SMILES string of the molecule is COc1ccc(S(=O)(=O)N(CC(=O)N2CCN(c3cccc(C)c3C)CC2)c2ccc(C)cc2)cc1Br. The number of amides is 1. The number of carbonyl (C=O) groups is 1. The van der Waals surface area contributed by atoms with Crippen LogP contribution < -0.4 is 13.9 Å². The van der Waals surface area contributed by atoms with Gasteiger partial charge in [-0.2, -0.15) is 0 Å². The van der Waals surface area contributed by atoms with Crippen molar-refractivity contribution in [2.75, 3.05) is 49.0 Å². The Kier molecular flexibility index (Phi) is 8.14. The van der Waals surface area contributed by atoms with E-state index in [2.05, 4.69) is 52.9 Å². The number of sulfonamides is 1. The number of benzene rings is 3. The number of halogens is 1. The molecule has 1 saturated heterocycles. The molecule has 1 aliphatic rings. The van der Waals surface area contributed by atoms with Crippen molar-refractivity contribution in [2.45, 2.75) is 25.7 Å². The minimum absolute atomic E-state index is 0.0771. The van der Waals surface area contributed by atoms with Gasteiger partial charge in [-0.1, -0.05) is 29.8 Å². The average Bonchev–Trinajstić information content (AvgIpc) is 2.89. The average molecular weight is 587 g/mol. The molecule has 4 rings (SSSR count). The molecule has 0 saturated carbocycles. The number of ether oxygens (including phenoxy) is 1. The molecule has 0 unspecified atom stereocenters. The van der Waals surface area contributed by atoms with Gasteiger partial charge < -0.3 is 14.5 Å². The van der Waals surface area contributed by atoms with Crippen LogP contribution in [0.15, 0.2) is 70.0 Å². The molecule has 0 aromatic heterocycles. The number of aryl methyl sites for hydroxylation is 2. The monoisotopic (exact) mass is 585 g/mol. The minimum atomic E-state index is -4.02. The molecule has 0 N–H and O–H groups in total. The predicted molar refractivity (Wildman–Crippen MR) is 151 cm³/mol. The molecule has 9 heteroatoms. The number of nitrogens with zero attached hydrogens (tertiary/aromatic N) is 3. The van der Waals surface area contributed by atoms with Crippen LogP contribution in [0.1, 0.15) is 16.7 Å². The smallest absolute Gasteiger partial charge is 0.264 e. The highest BCUT2D eigenvalue weighted by Gasteiger charge is 2.31. The first-order valence-electron chi connectivity index (χ1n) is 12.1. The third-order valence-corrected chi connectivity index (χ3v) is 9.25. The van der Waals surface area contributed by atoms with E-state index in [9.17, 15) is 13.2 Å². The number of methoxy groups -OCH3 is 1. The highest BCUT2D eigenvalue weighted by molar-refractivity contribution is 9.10. The summed E-state index contributed by atoms with van der Waals surface area (Å²) in [6.07, 6.45) is 0. The molecule has 1 amide bonds. The van der Waals surface area contributed by atoms with Crippen LogP contribution in [0.3, 0.4) is 0 Å². The number of piperazine rings is 1. The molecule has 0 spiro atoms. The van der Waals surface area contributed by atoms with Crippen molar-refractivity contribution >= 4 is 43.2 Å². The quantitative estimate of drug-likeness (QED) is 0.393. The molecule has 0 radical (unpaired) electrons. The van der Waals surface area contributed by atoms with Crippen molar-refractivity contribution in [2.24, 2.45) is 0 Å². The van der Waals surface area contributed by atoms with E-state index in [4.69, 9.17) is 4.74 Å². The molecular formula is C28H32BrN3O4S. The molecule has 37 heavy (non-hydrogen) atoms. The van der Waals surface area contributed by atoms with Gasteiger partial charge in [-0.3, -0.25) is 9.10 Å². The van der Waals surface area contributed by atoms with Crippen LogP contribution in [0.4, 0.5) is 11.4 Å². The zero-order valence-corrected chi connectivity index (χ0v) is 24.0. The fraction of sp³-hybridized carbons (Fsp3) is 0.321. The van der Waals surface area contributed by atoms with E-state index in [1.807, 2.05) is 19.1 Å². The summed E-state index contributed by atoms with van der Waals surface area (Å²) in [5.74, 6) is 0.302. The van der Waals surface area contributed by atoms with E-state index in [1.54, 1.807) is 23.1 Å². The van der Waals surface area contributed by atoms with Gasteiger partial charge in [0, 0.05) is 31.9 Å². The molecule has 1 aliphatic heterocycles. The summed E-state index contributed by atoms with van der Waals surface area (Å²) in [5, 5.41) is 0. The number of rotatable bonds is 7. The zero-order chi connectivity index (χ0) is 26.7. The van der Waals surface area contributed by atoms with Crippen LogP contribution in [0.5, 0.6) is 5.75 Å². The van der Waals surface area contributed by atoms with Crippen molar-refractivity contribution in [1.29, 1.82) is 0 Å². The van der Waals surface area contributed by atoms with Gasteiger partial charge in [0.15, 0.2) is 0 Å². The van der Waals surface area contributed by atoms with Crippen LogP contribution >= 0.6 is 15.9 Å². The Morgan fingerprint density at radius 3 is 2.27 bits per heavy atom. The second-order valence-electron chi connectivity index (χ2n) is 9.23. The summed E-state index contributed by atoms with van der Waals surface area (Å²) in [7, 11) is -2.50. The lowest BCUT2D eigenvalue weighted by Gasteiger charge is -2.38. The van der Waals surface area contributed by atoms with Crippen LogP contribution in [-0.2, 0) is 14.8 Å². The largest absolute Gasteiger partial charge is 0.496 e. The fourth-order valence-corrected chi connectivity index (χ4v) is 6.59. The zero-order valence-electron chi connectivity index (χ0n) is 21.6. The van der Waals surface area contributed by atoms with Crippen molar-refractivity contribution < 1.29 is 17.9 Å². The van der Waals surface area contributed by atoms with Gasteiger partial charge in [-0.25, -0.2) is 8.42 Å². The Labute approximate surface area is 227 Å². The van der Waals surface area contributed by atoms with Crippen LogP contribution in [0.2, 0.25) is 0 Å². The summed E-state index contributed by atoms with van der Waals surface area (Å²) in [4.78, 5) is 17.5. The Bertz CT molecular complexity index is 1390. The highest BCUT2D eigenvalue weighted by Crippen LogP contribution is 2.31. The van der Waals surface area contributed by atoms with E-state index in [0.29, 0.717) is 42.1 Å². The minimum Gasteiger partial charge on any atom is -0.496 e. The highest BCUT2D eigenvalue weighted by atomic mass is 79.9. The lowest BCUT2D eigenvalue weighted by atomic mass is 10.1. The summed E-state index contributed by atoms with van der Waals surface area (Å²) in [5.41, 5.74) is 5.10. The van der Waals surface area contributed by atoms with E-state index >= 15 is 0 Å². The first-order chi connectivity index (χ1) is 17.6. The van der Waals surface area contributed by atoms with Gasteiger partial charge in [0.2, 0.25) is 5.91 Å². The lowest BCUT2D eigenvalue weighted by Crippen LogP contribution is -2.52. The molecule has 1 fully saturated rings. The van der Waals surface area contributed by atoms with Gasteiger partial charge in [0.25, 0.3) is 10.0 Å². The van der Waals surface area contributed by atoms with Crippen molar-refractivity contribution in [3.8, 4) is 5.75 Å². The second-order valence-corrected chi connectivity index (χ2v) is 11.9. The van der Waals surface area contributed by atoms with Gasteiger partial charge in [-0.15, -0.1) is 0 Å². The molecular weight excluding hydrogens is 554 g/mol. The normalized spacial score (nSPS) is 14.0. The first kappa shape index (κ1) is 27.0. The molecule has 3 aromatic carbocycles. The Morgan fingerprint density at radius 2 is 1.65 bits per heavy atom. The molecule has 0 atom stereocenters. The predicted octanol–water partition coefficient (Wildman–Crippen LogP) is 4.93. The Hall–Kier alpha value is -3.04. The van der Waals surface area contributed by atoms with E-state index in [1.165, 1.54) is 40.4 Å². The van der Waals surface area contributed by atoms with Crippen LogP contribution in [0.25, 0.3) is 0 Å². The van der Waals surface area contributed by atoms with Crippen molar-refractivity contribution in [1.82, 2.24) is 4.90 Å². The maximum Gasteiger partial charge on any atom is 0.264 e. The molecule has 0 aliphatic carbocycles. The van der Waals surface area contributed by atoms with E-state index in [-0.39, 0.29) is 17.3 Å². The van der Waals surface area contributed by atoms with Gasteiger partial charge in [0.05, 0.1) is 22.2 Å². The first-order valence-corrected chi connectivity index (χ1v) is 14.4. The molecule has 7 nitrogen and oxygen atoms in total. The van der Waals surface area contributed by atoms with E-state index in [0.717, 1.165) is 5.56 Å².